The zero-order chi connectivity index (χ0) is 21.9. The third-order valence-corrected chi connectivity index (χ3v) is 7.29. The SMILES string of the molecule is COc1ccccc1N(C)S(=O)(=O)c1ccc(C(=O)Nc2ccc(Br)c(C)c2)cc1. The van der Waals surface area contributed by atoms with Gasteiger partial charge in [0.25, 0.3) is 15.9 Å². The molecule has 0 spiro atoms. The highest BCUT2D eigenvalue weighted by molar-refractivity contribution is 9.10. The average molecular weight is 489 g/mol. The number of benzene rings is 3. The lowest BCUT2D eigenvalue weighted by molar-refractivity contribution is 0.102. The van der Waals surface area contributed by atoms with E-state index in [0.29, 0.717) is 22.7 Å². The van der Waals surface area contributed by atoms with Crippen LogP contribution in [0.2, 0.25) is 0 Å². The molecule has 0 radical (unpaired) electrons. The van der Waals surface area contributed by atoms with Crippen molar-refractivity contribution in [2.24, 2.45) is 0 Å². The highest BCUT2D eigenvalue weighted by Crippen LogP contribution is 2.31. The number of hydrogen-bond acceptors (Lipinski definition) is 4. The van der Waals surface area contributed by atoms with Crippen molar-refractivity contribution in [2.75, 3.05) is 23.8 Å². The number of methoxy groups -OCH3 is 1. The van der Waals surface area contributed by atoms with Crippen LogP contribution in [0, 0.1) is 6.92 Å². The number of amides is 1. The standard InChI is InChI=1S/C22H21BrN2O4S/c1-15-14-17(10-13-19(15)23)24-22(26)16-8-11-18(12-9-16)30(27,28)25(2)20-6-4-5-7-21(20)29-3/h4-14H,1-3H3,(H,24,26). The Morgan fingerprint density at radius 1 is 1.03 bits per heavy atom. The molecule has 0 fully saturated rings. The summed E-state index contributed by atoms with van der Waals surface area (Å²) < 4.78 is 33.4. The van der Waals surface area contributed by atoms with Crippen LogP contribution in [0.15, 0.2) is 76.1 Å². The third-order valence-electron chi connectivity index (χ3n) is 4.62. The van der Waals surface area contributed by atoms with E-state index in [1.165, 1.54) is 38.4 Å². The van der Waals surface area contributed by atoms with Gasteiger partial charge in [-0.2, -0.15) is 0 Å². The zero-order valence-electron chi connectivity index (χ0n) is 16.7. The van der Waals surface area contributed by atoms with E-state index in [0.717, 1.165) is 14.3 Å². The fourth-order valence-corrected chi connectivity index (χ4v) is 4.33. The van der Waals surface area contributed by atoms with Gasteiger partial charge in [0, 0.05) is 22.8 Å². The van der Waals surface area contributed by atoms with Crippen LogP contribution in [0.3, 0.4) is 0 Å². The van der Waals surface area contributed by atoms with Crippen LogP contribution >= 0.6 is 15.9 Å². The number of nitrogens with zero attached hydrogens (tertiary/aromatic N) is 1. The first-order valence-electron chi connectivity index (χ1n) is 9.03. The van der Waals surface area contributed by atoms with Crippen molar-refractivity contribution in [3.8, 4) is 5.75 Å². The van der Waals surface area contributed by atoms with Crippen LogP contribution in [0.5, 0.6) is 5.75 Å². The van der Waals surface area contributed by atoms with Crippen LogP contribution < -0.4 is 14.4 Å². The van der Waals surface area contributed by atoms with E-state index < -0.39 is 10.0 Å². The molecule has 156 valence electrons. The van der Waals surface area contributed by atoms with E-state index >= 15 is 0 Å². The number of anilines is 2. The Labute approximate surface area is 184 Å². The van der Waals surface area contributed by atoms with Crippen molar-refractivity contribution in [3.63, 3.8) is 0 Å². The fraction of sp³-hybridized carbons (Fsp3) is 0.136. The summed E-state index contributed by atoms with van der Waals surface area (Å²) in [4.78, 5) is 12.6. The molecule has 0 unspecified atom stereocenters. The second-order valence-corrected chi connectivity index (χ2v) is 9.41. The summed E-state index contributed by atoms with van der Waals surface area (Å²) in [5.74, 6) is 0.128. The van der Waals surface area contributed by atoms with E-state index in [9.17, 15) is 13.2 Å². The maximum Gasteiger partial charge on any atom is 0.264 e. The molecule has 8 heteroatoms. The predicted octanol–water partition coefficient (Wildman–Crippen LogP) is 4.84. The summed E-state index contributed by atoms with van der Waals surface area (Å²) >= 11 is 3.42. The summed E-state index contributed by atoms with van der Waals surface area (Å²) in [5.41, 5.74) is 2.43. The van der Waals surface area contributed by atoms with E-state index in [1.807, 2.05) is 19.1 Å². The Morgan fingerprint density at radius 3 is 2.33 bits per heavy atom. The first-order valence-corrected chi connectivity index (χ1v) is 11.3. The Bertz CT molecular complexity index is 1180. The van der Waals surface area contributed by atoms with Crippen LogP contribution in [0.25, 0.3) is 0 Å². The molecule has 0 bridgehead atoms. The normalized spacial score (nSPS) is 11.1. The second-order valence-electron chi connectivity index (χ2n) is 6.59. The van der Waals surface area contributed by atoms with Gasteiger partial charge in [0.05, 0.1) is 17.7 Å². The molecule has 3 aromatic carbocycles. The quantitative estimate of drug-likeness (QED) is 0.538. The molecule has 0 saturated carbocycles. The van der Waals surface area contributed by atoms with Crippen molar-refractivity contribution >= 4 is 43.2 Å². The first kappa shape index (κ1) is 21.9. The molecule has 6 nitrogen and oxygen atoms in total. The number of nitrogens with one attached hydrogen (secondary N) is 1. The number of rotatable bonds is 6. The number of carbonyl (C=O) groups excluding carboxylic acids is 1. The Kier molecular flexibility index (Phi) is 6.48. The molecule has 0 aliphatic heterocycles. The van der Waals surface area contributed by atoms with Crippen molar-refractivity contribution < 1.29 is 17.9 Å². The lowest BCUT2D eigenvalue weighted by Gasteiger charge is -2.21. The predicted molar refractivity (Wildman–Crippen MR) is 122 cm³/mol. The highest BCUT2D eigenvalue weighted by atomic mass is 79.9. The average Bonchev–Trinajstić information content (AvgIpc) is 2.75. The number of carbonyl (C=O) groups is 1. The number of para-hydroxylation sites is 2. The second kappa shape index (κ2) is 8.89. The van der Waals surface area contributed by atoms with Crippen molar-refractivity contribution in [2.45, 2.75) is 11.8 Å². The topological polar surface area (TPSA) is 75.7 Å². The van der Waals surface area contributed by atoms with Crippen LogP contribution in [-0.2, 0) is 10.0 Å². The monoisotopic (exact) mass is 488 g/mol. The Balaban J connectivity index is 1.81. The lowest BCUT2D eigenvalue weighted by Crippen LogP contribution is -2.27. The third kappa shape index (κ3) is 4.49. The fourth-order valence-electron chi connectivity index (χ4n) is 2.88. The van der Waals surface area contributed by atoms with Crippen molar-refractivity contribution in [1.29, 1.82) is 0 Å². The zero-order valence-corrected chi connectivity index (χ0v) is 19.1. The minimum Gasteiger partial charge on any atom is -0.495 e. The summed E-state index contributed by atoms with van der Waals surface area (Å²) in [6, 6.07) is 18.2. The molecule has 0 aliphatic carbocycles. The summed E-state index contributed by atoms with van der Waals surface area (Å²) in [6.07, 6.45) is 0. The number of aryl methyl sites for hydroxylation is 1. The number of hydrogen-bond donors (Lipinski definition) is 1. The van der Waals surface area contributed by atoms with E-state index in [4.69, 9.17) is 4.74 Å². The largest absolute Gasteiger partial charge is 0.495 e. The van der Waals surface area contributed by atoms with Gasteiger partial charge in [-0.1, -0.05) is 28.1 Å². The minimum atomic E-state index is -3.82. The molecule has 0 atom stereocenters. The smallest absolute Gasteiger partial charge is 0.264 e. The summed E-state index contributed by atoms with van der Waals surface area (Å²) in [5, 5.41) is 2.81. The highest BCUT2D eigenvalue weighted by Gasteiger charge is 2.24. The molecule has 1 N–H and O–H groups in total. The van der Waals surface area contributed by atoms with Gasteiger partial charge in [0.1, 0.15) is 5.75 Å². The van der Waals surface area contributed by atoms with E-state index in [-0.39, 0.29) is 10.8 Å². The van der Waals surface area contributed by atoms with Gasteiger partial charge >= 0.3 is 0 Å². The van der Waals surface area contributed by atoms with Crippen LogP contribution in [0.1, 0.15) is 15.9 Å². The Morgan fingerprint density at radius 2 is 1.70 bits per heavy atom. The van der Waals surface area contributed by atoms with Gasteiger partial charge in [0.2, 0.25) is 0 Å². The molecular weight excluding hydrogens is 468 g/mol. The first-order chi connectivity index (χ1) is 14.2. The molecule has 3 rings (SSSR count). The van der Waals surface area contributed by atoms with Gasteiger partial charge in [-0.3, -0.25) is 9.10 Å². The van der Waals surface area contributed by atoms with Crippen molar-refractivity contribution in [3.05, 3.63) is 82.3 Å². The molecule has 0 aromatic heterocycles. The molecule has 1 amide bonds. The van der Waals surface area contributed by atoms with Gasteiger partial charge in [-0.05, 0) is 67.1 Å². The molecule has 30 heavy (non-hydrogen) atoms. The van der Waals surface area contributed by atoms with Gasteiger partial charge in [-0.15, -0.1) is 0 Å². The number of sulfonamides is 1. The molecular formula is C22H21BrN2O4S. The van der Waals surface area contributed by atoms with Crippen molar-refractivity contribution in [1.82, 2.24) is 0 Å². The summed E-state index contributed by atoms with van der Waals surface area (Å²) in [7, 11) is -0.872. The molecule has 0 heterocycles. The number of halogens is 1. The Hall–Kier alpha value is -2.84. The van der Waals surface area contributed by atoms with Gasteiger partial charge in [-0.25, -0.2) is 8.42 Å². The van der Waals surface area contributed by atoms with E-state index in [2.05, 4.69) is 21.2 Å². The van der Waals surface area contributed by atoms with Gasteiger partial charge < -0.3 is 10.1 Å². The molecule has 0 saturated heterocycles. The lowest BCUT2D eigenvalue weighted by atomic mass is 10.2. The molecule has 3 aromatic rings. The molecule has 0 aliphatic rings. The van der Waals surface area contributed by atoms with Crippen LogP contribution in [0.4, 0.5) is 11.4 Å². The van der Waals surface area contributed by atoms with Gasteiger partial charge in [0.15, 0.2) is 0 Å². The van der Waals surface area contributed by atoms with Crippen LogP contribution in [-0.4, -0.2) is 28.5 Å². The maximum atomic E-state index is 13.0. The van der Waals surface area contributed by atoms with E-state index in [1.54, 1.807) is 30.3 Å². The summed E-state index contributed by atoms with van der Waals surface area (Å²) in [6.45, 7) is 1.93. The number of ether oxygens (including phenoxy) is 1. The minimum absolute atomic E-state index is 0.0759. The maximum absolute atomic E-state index is 13.0.